The van der Waals surface area contributed by atoms with E-state index in [-0.39, 0.29) is 23.5 Å². The number of fused-ring (bicyclic) bond motifs is 2. The van der Waals surface area contributed by atoms with Crippen LogP contribution in [0.4, 0.5) is 8.78 Å². The largest absolute Gasteiger partial charge is 0.478 e. The van der Waals surface area contributed by atoms with E-state index in [1.54, 1.807) is 12.1 Å². The molecule has 29 heavy (non-hydrogen) atoms. The van der Waals surface area contributed by atoms with Gasteiger partial charge in [0.25, 0.3) is 0 Å². The Morgan fingerprint density at radius 2 is 1.52 bits per heavy atom. The van der Waals surface area contributed by atoms with Gasteiger partial charge in [-0.25, -0.2) is 13.6 Å². The highest BCUT2D eigenvalue weighted by atomic mass is 19.1. The first kappa shape index (κ1) is 19.1. The normalized spacial score (nSPS) is 16.1. The maximum Gasteiger partial charge on any atom is 0.338 e. The molecule has 0 saturated carbocycles. The summed E-state index contributed by atoms with van der Waals surface area (Å²) in [5.74, 6) is -1.90. The van der Waals surface area contributed by atoms with Crippen molar-refractivity contribution in [1.29, 1.82) is 0 Å². The minimum Gasteiger partial charge on any atom is -0.478 e. The maximum absolute atomic E-state index is 13.8. The van der Waals surface area contributed by atoms with Crippen LogP contribution in [0.3, 0.4) is 0 Å². The molecule has 0 atom stereocenters. The van der Waals surface area contributed by atoms with E-state index in [2.05, 4.69) is 0 Å². The first-order valence-electron chi connectivity index (χ1n) is 9.44. The second-order valence-corrected chi connectivity index (χ2v) is 7.75. The Morgan fingerprint density at radius 1 is 0.966 bits per heavy atom. The maximum atomic E-state index is 13.8. The Labute approximate surface area is 167 Å². The van der Waals surface area contributed by atoms with Crippen LogP contribution in [0.25, 0.3) is 11.1 Å². The Balaban J connectivity index is 1.80. The molecule has 0 amide bonds. The number of benzene rings is 2. The zero-order valence-electron chi connectivity index (χ0n) is 16.3. The highest BCUT2D eigenvalue weighted by Gasteiger charge is 2.29. The molecular weight excluding hydrogens is 372 g/mol. The van der Waals surface area contributed by atoms with E-state index in [4.69, 9.17) is 5.73 Å². The average Bonchev–Trinajstić information content (AvgIpc) is 3.12. The number of hydrogen-bond donors (Lipinski definition) is 2. The number of nitrogens with two attached hydrogens (primary N) is 1. The zero-order chi connectivity index (χ0) is 20.9. The van der Waals surface area contributed by atoms with E-state index in [0.29, 0.717) is 24.0 Å². The molecule has 0 fully saturated rings. The number of rotatable bonds is 4. The summed E-state index contributed by atoms with van der Waals surface area (Å²) in [6, 6.07) is 9.07. The lowest BCUT2D eigenvalue weighted by molar-refractivity contribution is -0.132. The molecule has 2 aliphatic rings. The molecule has 0 aliphatic heterocycles. The van der Waals surface area contributed by atoms with Gasteiger partial charge in [-0.1, -0.05) is 23.3 Å². The third-order valence-corrected chi connectivity index (χ3v) is 5.74. The van der Waals surface area contributed by atoms with Gasteiger partial charge in [-0.2, -0.15) is 0 Å². The lowest BCUT2D eigenvalue weighted by Crippen LogP contribution is -2.13. The fourth-order valence-electron chi connectivity index (χ4n) is 4.42. The topological polar surface area (TPSA) is 63.3 Å². The third kappa shape index (κ3) is 3.27. The van der Waals surface area contributed by atoms with Gasteiger partial charge in [0.1, 0.15) is 11.6 Å². The number of carbonyl (C=O) groups is 1. The van der Waals surface area contributed by atoms with Crippen LogP contribution in [0.15, 0.2) is 58.8 Å². The molecule has 3 nitrogen and oxygen atoms in total. The van der Waals surface area contributed by atoms with Crippen molar-refractivity contribution in [2.75, 3.05) is 0 Å². The summed E-state index contributed by atoms with van der Waals surface area (Å²) in [7, 11) is 0. The molecule has 0 spiro atoms. The van der Waals surface area contributed by atoms with Gasteiger partial charge in [0, 0.05) is 12.1 Å². The van der Waals surface area contributed by atoms with Gasteiger partial charge < -0.3 is 10.8 Å². The molecule has 5 heteroatoms. The van der Waals surface area contributed by atoms with Crippen molar-refractivity contribution in [2.24, 2.45) is 5.73 Å². The summed E-state index contributed by atoms with van der Waals surface area (Å²) in [4.78, 5) is 12.2. The summed E-state index contributed by atoms with van der Waals surface area (Å²) < 4.78 is 27.6. The summed E-state index contributed by atoms with van der Waals surface area (Å²) in [6.07, 6.45) is 1.45. The van der Waals surface area contributed by atoms with Crippen LogP contribution in [0, 0.1) is 11.6 Å². The standard InChI is InChI=1S/C24H21F2NO2/c1-12-7-14-3-5-16(25)9-19(14)18(12)11-21(27)23(24(28)29)22-13(2)8-15-4-6-17(26)10-20(15)22/h3-6,9-10H,7-8,11,27H2,1-2H3,(H,28,29)/b23-21-. The van der Waals surface area contributed by atoms with Gasteiger partial charge in [0.05, 0.1) is 5.57 Å². The van der Waals surface area contributed by atoms with Crippen molar-refractivity contribution in [3.63, 3.8) is 0 Å². The molecule has 4 rings (SSSR count). The zero-order valence-corrected chi connectivity index (χ0v) is 16.3. The number of aliphatic carboxylic acids is 1. The molecule has 0 radical (unpaired) electrons. The number of allylic oxidation sites excluding steroid dienone is 3. The van der Waals surface area contributed by atoms with Crippen molar-refractivity contribution in [2.45, 2.75) is 33.1 Å². The molecule has 0 unspecified atom stereocenters. The SMILES string of the molecule is CC1=C(C/C(N)=C(/C(=O)O)C2=C(C)Cc3ccc(F)cc32)c2cc(F)ccc2C1. The lowest BCUT2D eigenvalue weighted by Gasteiger charge is -2.14. The molecule has 148 valence electrons. The predicted octanol–water partition coefficient (Wildman–Crippen LogP) is 5.01. The Hall–Kier alpha value is -3.21. The van der Waals surface area contributed by atoms with Crippen molar-refractivity contribution in [3.05, 3.63) is 92.7 Å². The molecule has 2 aromatic carbocycles. The van der Waals surface area contributed by atoms with E-state index in [9.17, 15) is 18.7 Å². The van der Waals surface area contributed by atoms with Crippen LogP contribution in [0.5, 0.6) is 0 Å². The Morgan fingerprint density at radius 3 is 2.14 bits per heavy atom. The third-order valence-electron chi connectivity index (χ3n) is 5.74. The van der Waals surface area contributed by atoms with Crippen molar-refractivity contribution in [1.82, 2.24) is 0 Å². The molecule has 0 saturated heterocycles. The first-order chi connectivity index (χ1) is 13.8. The average molecular weight is 393 g/mol. The summed E-state index contributed by atoms with van der Waals surface area (Å²) >= 11 is 0. The molecule has 2 aliphatic carbocycles. The van der Waals surface area contributed by atoms with Gasteiger partial charge >= 0.3 is 5.97 Å². The van der Waals surface area contributed by atoms with Gasteiger partial charge in [0.2, 0.25) is 0 Å². The second-order valence-electron chi connectivity index (χ2n) is 7.75. The van der Waals surface area contributed by atoms with E-state index >= 15 is 0 Å². The second kappa shape index (κ2) is 6.99. The minimum atomic E-state index is -1.15. The van der Waals surface area contributed by atoms with Crippen LogP contribution in [-0.4, -0.2) is 11.1 Å². The summed E-state index contributed by atoms with van der Waals surface area (Å²) in [5.41, 5.74) is 13.0. The fourth-order valence-corrected chi connectivity index (χ4v) is 4.42. The monoisotopic (exact) mass is 393 g/mol. The minimum absolute atomic E-state index is 0.00277. The van der Waals surface area contributed by atoms with Gasteiger partial charge in [-0.3, -0.25) is 0 Å². The number of hydrogen-bond acceptors (Lipinski definition) is 2. The van der Waals surface area contributed by atoms with E-state index in [1.165, 1.54) is 24.3 Å². The molecule has 0 heterocycles. The smallest absolute Gasteiger partial charge is 0.338 e. The first-order valence-corrected chi connectivity index (χ1v) is 9.44. The predicted molar refractivity (Wildman–Crippen MR) is 109 cm³/mol. The Kier molecular flexibility index (Phi) is 4.61. The van der Waals surface area contributed by atoms with E-state index < -0.39 is 11.8 Å². The van der Waals surface area contributed by atoms with Gasteiger partial charge in [0.15, 0.2) is 0 Å². The molecule has 0 bridgehead atoms. The lowest BCUT2D eigenvalue weighted by atomic mass is 9.92. The summed E-state index contributed by atoms with van der Waals surface area (Å²) in [5, 5.41) is 9.95. The summed E-state index contributed by atoms with van der Waals surface area (Å²) in [6.45, 7) is 3.79. The highest BCUT2D eigenvalue weighted by Crippen LogP contribution is 2.41. The number of carboxylic acid groups (broad SMARTS) is 1. The quantitative estimate of drug-likeness (QED) is 0.718. The molecule has 3 N–H and O–H groups in total. The highest BCUT2D eigenvalue weighted by molar-refractivity contribution is 6.08. The fraction of sp³-hybridized carbons (Fsp3) is 0.208. The molecule has 0 aromatic heterocycles. The van der Waals surface area contributed by atoms with Crippen molar-refractivity contribution >= 4 is 17.1 Å². The van der Waals surface area contributed by atoms with Crippen molar-refractivity contribution < 1.29 is 18.7 Å². The van der Waals surface area contributed by atoms with Crippen LogP contribution >= 0.6 is 0 Å². The number of carboxylic acids is 1. The van der Waals surface area contributed by atoms with E-state index in [1.807, 2.05) is 13.8 Å². The molecule has 2 aromatic rings. The number of halogens is 2. The van der Waals surface area contributed by atoms with Crippen molar-refractivity contribution in [3.8, 4) is 0 Å². The van der Waals surface area contributed by atoms with Crippen LogP contribution < -0.4 is 5.73 Å². The van der Waals surface area contributed by atoms with Crippen LogP contribution in [0.1, 0.15) is 42.5 Å². The van der Waals surface area contributed by atoms with Gasteiger partial charge in [-0.15, -0.1) is 0 Å². The molecular formula is C24H21F2NO2. The van der Waals surface area contributed by atoms with Gasteiger partial charge in [-0.05, 0) is 84.4 Å². The van der Waals surface area contributed by atoms with Crippen LogP contribution in [-0.2, 0) is 17.6 Å². The Bertz CT molecular complexity index is 1160. The van der Waals surface area contributed by atoms with Crippen LogP contribution in [0.2, 0.25) is 0 Å². The van der Waals surface area contributed by atoms with E-state index in [0.717, 1.165) is 33.4 Å².